The maximum atomic E-state index is 12.2. The van der Waals surface area contributed by atoms with Gasteiger partial charge in [0.25, 0.3) is 10.0 Å². The van der Waals surface area contributed by atoms with E-state index in [0.29, 0.717) is 10.2 Å². The Balaban J connectivity index is 2.38. The first kappa shape index (κ1) is 13.9. The first-order valence-electron chi connectivity index (χ1n) is 5.46. The first-order valence-corrected chi connectivity index (χ1v) is 7.74. The van der Waals surface area contributed by atoms with Gasteiger partial charge < -0.3 is 5.11 Å². The van der Waals surface area contributed by atoms with E-state index in [9.17, 15) is 13.5 Å². The highest BCUT2D eigenvalue weighted by atomic mass is 79.9. The van der Waals surface area contributed by atoms with Crippen LogP contribution in [0.15, 0.2) is 51.8 Å². The van der Waals surface area contributed by atoms with E-state index in [1.807, 2.05) is 6.92 Å². The zero-order chi connectivity index (χ0) is 14.0. The molecular weight excluding hydrogens is 330 g/mol. The average Bonchev–Trinajstić information content (AvgIpc) is 2.27. The van der Waals surface area contributed by atoms with Crippen LogP contribution in [0.3, 0.4) is 0 Å². The number of benzene rings is 2. The second-order valence-corrected chi connectivity index (χ2v) is 6.59. The molecule has 0 unspecified atom stereocenters. The van der Waals surface area contributed by atoms with E-state index < -0.39 is 10.0 Å². The molecule has 0 saturated carbocycles. The van der Waals surface area contributed by atoms with Crippen molar-refractivity contribution in [3.63, 3.8) is 0 Å². The van der Waals surface area contributed by atoms with Crippen LogP contribution in [-0.4, -0.2) is 13.5 Å². The van der Waals surface area contributed by atoms with Crippen LogP contribution in [0.25, 0.3) is 0 Å². The number of nitrogens with one attached hydrogen (secondary N) is 1. The predicted octanol–water partition coefficient (Wildman–Crippen LogP) is 3.26. The Morgan fingerprint density at radius 3 is 2.53 bits per heavy atom. The highest BCUT2D eigenvalue weighted by Gasteiger charge is 2.17. The van der Waals surface area contributed by atoms with Crippen molar-refractivity contribution in [1.29, 1.82) is 0 Å². The predicted molar refractivity (Wildman–Crippen MR) is 77.8 cm³/mol. The minimum Gasteiger partial charge on any atom is -0.508 e. The van der Waals surface area contributed by atoms with Gasteiger partial charge in [-0.1, -0.05) is 12.1 Å². The normalized spacial score (nSPS) is 11.3. The zero-order valence-corrected chi connectivity index (χ0v) is 12.5. The van der Waals surface area contributed by atoms with Crippen LogP contribution in [-0.2, 0) is 10.0 Å². The van der Waals surface area contributed by atoms with Crippen LogP contribution in [0, 0.1) is 6.92 Å². The van der Waals surface area contributed by atoms with Crippen LogP contribution < -0.4 is 4.72 Å². The molecule has 0 aliphatic carbocycles. The third-order valence-electron chi connectivity index (χ3n) is 2.48. The summed E-state index contributed by atoms with van der Waals surface area (Å²) >= 11 is 3.24. The van der Waals surface area contributed by atoms with Gasteiger partial charge in [0, 0.05) is 10.5 Å². The smallest absolute Gasteiger partial charge is 0.263 e. The minimum absolute atomic E-state index is 0.00294. The number of aryl methyl sites for hydroxylation is 1. The largest absolute Gasteiger partial charge is 0.508 e. The Bertz CT molecular complexity index is 714. The molecule has 0 fully saturated rings. The van der Waals surface area contributed by atoms with Gasteiger partial charge in [-0.15, -0.1) is 0 Å². The lowest BCUT2D eigenvalue weighted by atomic mass is 10.2. The summed E-state index contributed by atoms with van der Waals surface area (Å²) in [5.41, 5.74) is 1.27. The van der Waals surface area contributed by atoms with Gasteiger partial charge in [0.2, 0.25) is 0 Å². The lowest BCUT2D eigenvalue weighted by Gasteiger charge is -2.10. The summed E-state index contributed by atoms with van der Waals surface area (Å²) in [7, 11) is -3.69. The van der Waals surface area contributed by atoms with E-state index in [4.69, 9.17) is 0 Å². The molecule has 0 aromatic heterocycles. The molecule has 0 bridgehead atoms. The van der Waals surface area contributed by atoms with Gasteiger partial charge in [0.05, 0.1) is 5.69 Å². The summed E-state index contributed by atoms with van der Waals surface area (Å²) in [6.07, 6.45) is 0. The summed E-state index contributed by atoms with van der Waals surface area (Å²) < 4.78 is 27.4. The number of hydrogen-bond acceptors (Lipinski definition) is 3. The summed E-state index contributed by atoms with van der Waals surface area (Å²) in [6.45, 7) is 1.88. The second-order valence-electron chi connectivity index (χ2n) is 4.09. The number of aromatic hydroxyl groups is 1. The number of halogens is 1. The Morgan fingerprint density at radius 1 is 1.16 bits per heavy atom. The summed E-state index contributed by atoms with van der Waals surface area (Å²) in [5, 5.41) is 9.33. The van der Waals surface area contributed by atoms with E-state index in [2.05, 4.69) is 20.7 Å². The van der Waals surface area contributed by atoms with Crippen LogP contribution in [0.1, 0.15) is 5.56 Å². The molecule has 2 rings (SSSR count). The Labute approximate surface area is 120 Å². The molecule has 0 aliphatic heterocycles. The molecule has 0 saturated heterocycles. The van der Waals surface area contributed by atoms with Gasteiger partial charge in [-0.2, -0.15) is 0 Å². The molecule has 100 valence electrons. The number of phenols is 1. The molecule has 4 nitrogen and oxygen atoms in total. The molecule has 2 N–H and O–H groups in total. The topological polar surface area (TPSA) is 66.4 Å². The van der Waals surface area contributed by atoms with E-state index in [1.165, 1.54) is 18.2 Å². The van der Waals surface area contributed by atoms with Crippen molar-refractivity contribution >= 4 is 31.6 Å². The average molecular weight is 342 g/mol. The second kappa shape index (κ2) is 5.22. The number of sulfonamides is 1. The maximum Gasteiger partial charge on any atom is 0.263 e. The standard InChI is InChI=1S/C13H12BrNO3S/c1-9-5-6-13(12(14)7-9)19(17,18)15-10-3-2-4-11(16)8-10/h2-8,15-16H,1H3. The molecule has 0 aliphatic rings. The Kier molecular flexibility index (Phi) is 3.82. The molecular formula is C13H12BrNO3S. The summed E-state index contributed by atoms with van der Waals surface area (Å²) in [5.74, 6) is 0.00294. The van der Waals surface area contributed by atoms with Crippen LogP contribution in [0.4, 0.5) is 5.69 Å². The number of hydrogen-bond donors (Lipinski definition) is 2. The highest BCUT2D eigenvalue weighted by Crippen LogP contribution is 2.26. The van der Waals surface area contributed by atoms with Crippen molar-refractivity contribution in [2.45, 2.75) is 11.8 Å². The highest BCUT2D eigenvalue weighted by molar-refractivity contribution is 9.10. The fourth-order valence-corrected chi connectivity index (χ4v) is 3.85. The molecule has 0 amide bonds. The fraction of sp³-hybridized carbons (Fsp3) is 0.0769. The van der Waals surface area contributed by atoms with Gasteiger partial charge in [0.15, 0.2) is 0 Å². The maximum absolute atomic E-state index is 12.2. The van der Waals surface area contributed by atoms with E-state index >= 15 is 0 Å². The Hall–Kier alpha value is -1.53. The van der Waals surface area contributed by atoms with Crippen molar-refractivity contribution in [3.8, 4) is 5.75 Å². The van der Waals surface area contributed by atoms with Crippen molar-refractivity contribution < 1.29 is 13.5 Å². The monoisotopic (exact) mass is 341 g/mol. The summed E-state index contributed by atoms with van der Waals surface area (Å²) in [4.78, 5) is 0.154. The van der Waals surface area contributed by atoms with Gasteiger partial charge in [0.1, 0.15) is 10.6 Å². The van der Waals surface area contributed by atoms with Gasteiger partial charge in [-0.3, -0.25) is 4.72 Å². The molecule has 0 radical (unpaired) electrons. The van der Waals surface area contributed by atoms with Crippen molar-refractivity contribution in [2.24, 2.45) is 0 Å². The molecule has 2 aromatic rings. The fourth-order valence-electron chi connectivity index (χ4n) is 1.60. The van der Waals surface area contributed by atoms with Gasteiger partial charge in [-0.25, -0.2) is 8.42 Å². The van der Waals surface area contributed by atoms with Crippen LogP contribution in [0.5, 0.6) is 5.75 Å². The molecule has 0 spiro atoms. The third kappa shape index (κ3) is 3.27. The first-order chi connectivity index (χ1) is 8.88. The number of phenolic OH excluding ortho intramolecular Hbond substituents is 1. The SMILES string of the molecule is Cc1ccc(S(=O)(=O)Nc2cccc(O)c2)c(Br)c1. The van der Waals surface area contributed by atoms with Crippen molar-refractivity contribution in [2.75, 3.05) is 4.72 Å². The molecule has 19 heavy (non-hydrogen) atoms. The lowest BCUT2D eigenvalue weighted by molar-refractivity contribution is 0.475. The zero-order valence-electron chi connectivity index (χ0n) is 10.1. The minimum atomic E-state index is -3.69. The van der Waals surface area contributed by atoms with Crippen molar-refractivity contribution in [1.82, 2.24) is 0 Å². The molecule has 0 heterocycles. The van der Waals surface area contributed by atoms with E-state index in [1.54, 1.807) is 24.3 Å². The third-order valence-corrected chi connectivity index (χ3v) is 4.83. The van der Waals surface area contributed by atoms with Crippen molar-refractivity contribution in [3.05, 3.63) is 52.5 Å². The number of anilines is 1. The van der Waals surface area contributed by atoms with Crippen LogP contribution >= 0.6 is 15.9 Å². The Morgan fingerprint density at radius 2 is 1.89 bits per heavy atom. The van der Waals surface area contributed by atoms with Gasteiger partial charge >= 0.3 is 0 Å². The van der Waals surface area contributed by atoms with Crippen LogP contribution in [0.2, 0.25) is 0 Å². The van der Waals surface area contributed by atoms with E-state index in [0.717, 1.165) is 5.56 Å². The molecule has 6 heteroatoms. The summed E-state index contributed by atoms with van der Waals surface area (Å²) in [6, 6.07) is 10.9. The van der Waals surface area contributed by atoms with Gasteiger partial charge in [-0.05, 0) is 52.7 Å². The lowest BCUT2D eigenvalue weighted by Crippen LogP contribution is -2.13. The molecule has 2 aromatic carbocycles. The molecule has 0 atom stereocenters. The van der Waals surface area contributed by atoms with E-state index in [-0.39, 0.29) is 10.6 Å². The number of rotatable bonds is 3. The quantitative estimate of drug-likeness (QED) is 0.900.